The van der Waals surface area contributed by atoms with Crippen LogP contribution in [0.15, 0.2) is 48.5 Å². The van der Waals surface area contributed by atoms with Crippen molar-refractivity contribution in [3.8, 4) is 16.9 Å². The van der Waals surface area contributed by atoms with Gasteiger partial charge in [0, 0.05) is 0 Å². The van der Waals surface area contributed by atoms with Crippen molar-refractivity contribution in [2.45, 2.75) is 96.2 Å². The van der Waals surface area contributed by atoms with E-state index in [0.29, 0.717) is 5.92 Å². The molecule has 0 aromatic heterocycles. The Morgan fingerprint density at radius 1 is 0.879 bits per heavy atom. The molecule has 0 amide bonds. The average Bonchev–Trinajstić information content (AvgIpc) is 2.86. The topological polar surface area (TPSA) is 35.5 Å². The molecule has 1 fully saturated rings. The Labute approximate surface area is 198 Å². The molecule has 33 heavy (non-hydrogen) atoms. The number of unbranched alkanes of at least 4 members (excludes halogenated alkanes) is 3. The van der Waals surface area contributed by atoms with Crippen LogP contribution in [0.1, 0.15) is 89.5 Å². The van der Waals surface area contributed by atoms with Crippen LogP contribution in [-0.4, -0.2) is 24.9 Å². The SMILES string of the molecule is CCCCCOc1ccc(-c2ccc(C3CCC(OC(=O)[C@@H](F)CCCC)CC3)cc2)cc1. The second-order valence-corrected chi connectivity index (χ2v) is 9.22. The number of alkyl halides is 1. The number of carbonyl (C=O) groups excluding carboxylic acids is 1. The Bertz CT molecular complexity index is 823. The van der Waals surface area contributed by atoms with Crippen LogP contribution in [0.4, 0.5) is 4.39 Å². The van der Waals surface area contributed by atoms with E-state index >= 15 is 0 Å². The zero-order valence-corrected chi connectivity index (χ0v) is 20.2. The lowest BCUT2D eigenvalue weighted by Gasteiger charge is -2.29. The lowest BCUT2D eigenvalue weighted by molar-refractivity contribution is -0.157. The standard InChI is InChI=1S/C29H39FO3/c1-3-5-7-21-32-26-17-13-24(14-18-26)22-9-11-23(12-10-22)25-15-19-27(20-16-25)33-29(31)28(30)8-6-4-2/h9-14,17-18,25,27-28H,3-8,15-16,19-21H2,1-2H3/t25?,27?,28-/m0/s1. The molecule has 1 atom stereocenters. The quantitative estimate of drug-likeness (QED) is 0.241. The Morgan fingerprint density at radius 2 is 1.48 bits per heavy atom. The predicted octanol–water partition coefficient (Wildman–Crippen LogP) is 8.02. The van der Waals surface area contributed by atoms with E-state index in [9.17, 15) is 9.18 Å². The molecule has 1 aliphatic carbocycles. The fraction of sp³-hybridized carbons (Fsp3) is 0.552. The van der Waals surface area contributed by atoms with E-state index in [4.69, 9.17) is 9.47 Å². The fourth-order valence-corrected chi connectivity index (χ4v) is 4.49. The molecular formula is C29H39FO3. The third-order valence-corrected chi connectivity index (χ3v) is 6.61. The largest absolute Gasteiger partial charge is 0.494 e. The van der Waals surface area contributed by atoms with Crippen LogP contribution < -0.4 is 4.74 Å². The normalized spacial score (nSPS) is 19.1. The van der Waals surface area contributed by atoms with Crippen molar-refractivity contribution in [3.05, 3.63) is 54.1 Å². The Kier molecular flexibility index (Phi) is 10.2. The van der Waals surface area contributed by atoms with Gasteiger partial charge >= 0.3 is 5.97 Å². The molecule has 4 heteroatoms. The van der Waals surface area contributed by atoms with E-state index in [-0.39, 0.29) is 12.5 Å². The highest BCUT2D eigenvalue weighted by atomic mass is 19.1. The van der Waals surface area contributed by atoms with E-state index in [1.54, 1.807) is 0 Å². The highest BCUT2D eigenvalue weighted by Crippen LogP contribution is 2.35. The zero-order chi connectivity index (χ0) is 23.5. The van der Waals surface area contributed by atoms with Gasteiger partial charge < -0.3 is 9.47 Å². The molecule has 1 aliphatic rings. The first-order valence-corrected chi connectivity index (χ1v) is 12.8. The summed E-state index contributed by atoms with van der Waals surface area (Å²) in [5.41, 5.74) is 3.70. The van der Waals surface area contributed by atoms with Crippen molar-refractivity contribution in [2.75, 3.05) is 6.61 Å². The van der Waals surface area contributed by atoms with E-state index in [0.717, 1.165) is 57.3 Å². The van der Waals surface area contributed by atoms with Gasteiger partial charge in [-0.05, 0) is 73.3 Å². The van der Waals surface area contributed by atoms with Gasteiger partial charge in [-0.25, -0.2) is 9.18 Å². The summed E-state index contributed by atoms with van der Waals surface area (Å²) in [5, 5.41) is 0. The van der Waals surface area contributed by atoms with E-state index < -0.39 is 12.1 Å². The van der Waals surface area contributed by atoms with Gasteiger partial charge in [-0.3, -0.25) is 0 Å². The van der Waals surface area contributed by atoms with Gasteiger partial charge in [0.2, 0.25) is 0 Å². The number of rotatable bonds is 12. The summed E-state index contributed by atoms with van der Waals surface area (Å²) in [6.45, 7) is 4.96. The first kappa shape index (κ1) is 25.3. The summed E-state index contributed by atoms with van der Waals surface area (Å²) in [7, 11) is 0. The first-order chi connectivity index (χ1) is 16.1. The highest BCUT2D eigenvalue weighted by molar-refractivity contribution is 5.74. The molecule has 3 rings (SSSR count). The van der Waals surface area contributed by atoms with Gasteiger partial charge in [0.15, 0.2) is 6.17 Å². The number of ether oxygens (including phenoxy) is 2. The smallest absolute Gasteiger partial charge is 0.340 e. The van der Waals surface area contributed by atoms with E-state index in [1.807, 2.05) is 19.1 Å². The van der Waals surface area contributed by atoms with Crippen LogP contribution in [0, 0.1) is 0 Å². The maximum Gasteiger partial charge on any atom is 0.340 e. The molecule has 0 unspecified atom stereocenters. The van der Waals surface area contributed by atoms with Crippen molar-refractivity contribution < 1.29 is 18.7 Å². The molecule has 2 aromatic carbocycles. The molecule has 0 radical (unpaired) electrons. The molecule has 3 nitrogen and oxygen atoms in total. The lowest BCUT2D eigenvalue weighted by Crippen LogP contribution is -2.28. The van der Waals surface area contributed by atoms with Crippen LogP contribution in [-0.2, 0) is 9.53 Å². The number of hydrogen-bond donors (Lipinski definition) is 0. The van der Waals surface area contributed by atoms with Gasteiger partial charge in [-0.15, -0.1) is 0 Å². The van der Waals surface area contributed by atoms with Gasteiger partial charge in [0.1, 0.15) is 11.9 Å². The second-order valence-electron chi connectivity index (χ2n) is 9.22. The predicted molar refractivity (Wildman–Crippen MR) is 132 cm³/mol. The van der Waals surface area contributed by atoms with Gasteiger partial charge in [-0.2, -0.15) is 0 Å². The van der Waals surface area contributed by atoms with Crippen molar-refractivity contribution in [1.82, 2.24) is 0 Å². The fourth-order valence-electron chi connectivity index (χ4n) is 4.49. The third-order valence-electron chi connectivity index (χ3n) is 6.61. The van der Waals surface area contributed by atoms with Crippen LogP contribution in [0.25, 0.3) is 11.1 Å². The lowest BCUT2D eigenvalue weighted by atomic mass is 9.82. The van der Waals surface area contributed by atoms with Crippen LogP contribution in [0.2, 0.25) is 0 Å². The number of carbonyl (C=O) groups is 1. The Morgan fingerprint density at radius 3 is 2.09 bits per heavy atom. The molecule has 0 saturated heterocycles. The van der Waals surface area contributed by atoms with Crippen molar-refractivity contribution in [1.29, 1.82) is 0 Å². The van der Waals surface area contributed by atoms with E-state index in [1.165, 1.54) is 29.5 Å². The average molecular weight is 455 g/mol. The van der Waals surface area contributed by atoms with Crippen LogP contribution >= 0.6 is 0 Å². The molecule has 2 aromatic rings. The zero-order valence-electron chi connectivity index (χ0n) is 20.2. The minimum Gasteiger partial charge on any atom is -0.494 e. The van der Waals surface area contributed by atoms with E-state index in [2.05, 4.69) is 43.3 Å². The first-order valence-electron chi connectivity index (χ1n) is 12.8. The molecule has 1 saturated carbocycles. The summed E-state index contributed by atoms with van der Waals surface area (Å²) in [4.78, 5) is 11.9. The Hall–Kier alpha value is -2.36. The number of esters is 1. The molecule has 0 aliphatic heterocycles. The molecule has 0 N–H and O–H groups in total. The van der Waals surface area contributed by atoms with Gasteiger partial charge in [0.05, 0.1) is 6.61 Å². The number of halogens is 1. The van der Waals surface area contributed by atoms with Gasteiger partial charge in [-0.1, -0.05) is 75.9 Å². The minimum absolute atomic E-state index is 0.143. The van der Waals surface area contributed by atoms with Crippen LogP contribution in [0.3, 0.4) is 0 Å². The summed E-state index contributed by atoms with van der Waals surface area (Å²) >= 11 is 0. The molecule has 0 bridgehead atoms. The number of hydrogen-bond acceptors (Lipinski definition) is 3. The molecule has 0 spiro atoms. The maximum absolute atomic E-state index is 13.9. The summed E-state index contributed by atoms with van der Waals surface area (Å²) in [5.74, 6) is 0.719. The van der Waals surface area contributed by atoms with Gasteiger partial charge in [0.25, 0.3) is 0 Å². The number of benzene rings is 2. The molecule has 180 valence electrons. The third kappa shape index (κ3) is 7.87. The monoisotopic (exact) mass is 454 g/mol. The summed E-state index contributed by atoms with van der Waals surface area (Å²) < 4.78 is 25.1. The van der Waals surface area contributed by atoms with Crippen molar-refractivity contribution in [2.24, 2.45) is 0 Å². The van der Waals surface area contributed by atoms with Crippen molar-refractivity contribution >= 4 is 5.97 Å². The van der Waals surface area contributed by atoms with Crippen molar-refractivity contribution in [3.63, 3.8) is 0 Å². The minimum atomic E-state index is -1.48. The molecule has 0 heterocycles. The van der Waals surface area contributed by atoms with Crippen LogP contribution in [0.5, 0.6) is 5.75 Å². The maximum atomic E-state index is 13.9. The molecular weight excluding hydrogens is 415 g/mol. The Balaban J connectivity index is 1.46. The summed E-state index contributed by atoms with van der Waals surface area (Å²) in [6, 6.07) is 17.1. The highest BCUT2D eigenvalue weighted by Gasteiger charge is 2.27. The summed E-state index contributed by atoms with van der Waals surface area (Å²) in [6.07, 6.45) is 7.29. The second kappa shape index (κ2) is 13.4.